The van der Waals surface area contributed by atoms with E-state index in [4.69, 9.17) is 5.73 Å². The molecule has 0 aromatic carbocycles. The molecule has 1 aliphatic carbocycles. The van der Waals surface area contributed by atoms with Crippen LogP contribution in [0.1, 0.15) is 33.1 Å². The molecule has 0 aromatic heterocycles. The number of hydrogen-bond donors (Lipinski definition) is 1. The summed E-state index contributed by atoms with van der Waals surface area (Å²) in [6, 6.07) is -0.589. The van der Waals surface area contributed by atoms with Gasteiger partial charge in [0.1, 0.15) is 0 Å². The highest BCUT2D eigenvalue weighted by molar-refractivity contribution is 5.85. The van der Waals surface area contributed by atoms with Crippen LogP contribution in [0, 0.1) is 0 Å². The monoisotopic (exact) mass is 333 g/mol. The van der Waals surface area contributed by atoms with Crippen LogP contribution in [0.3, 0.4) is 0 Å². The number of rotatable bonds is 2. The molecule has 2 rings (SSSR count). The third kappa shape index (κ3) is 4.41. The predicted molar refractivity (Wildman–Crippen MR) is 83.3 cm³/mol. The van der Waals surface area contributed by atoms with Crippen molar-refractivity contribution in [3.05, 3.63) is 0 Å². The minimum atomic E-state index is -2.68. The van der Waals surface area contributed by atoms with Crippen LogP contribution in [0.15, 0.2) is 0 Å². The third-order valence-corrected chi connectivity index (χ3v) is 4.46. The average Bonchev–Trinajstić information content (AvgIpc) is 2.33. The highest BCUT2D eigenvalue weighted by atomic mass is 35.5. The fraction of sp³-hybridized carbons (Fsp3) is 1.00. The third-order valence-electron chi connectivity index (χ3n) is 4.46. The summed E-state index contributed by atoms with van der Waals surface area (Å²) in [5.74, 6) is -2.68. The lowest BCUT2D eigenvalue weighted by Gasteiger charge is -2.46. The summed E-state index contributed by atoms with van der Waals surface area (Å²) in [5.41, 5.74) is 5.78. The topological polar surface area (TPSA) is 32.5 Å². The van der Waals surface area contributed by atoms with E-state index in [9.17, 15) is 8.78 Å². The summed E-state index contributed by atoms with van der Waals surface area (Å²) in [7, 11) is 0. The first-order chi connectivity index (χ1) is 8.42. The number of halogens is 4. The van der Waals surface area contributed by atoms with Crippen LogP contribution in [0.5, 0.6) is 0 Å². The lowest BCUT2D eigenvalue weighted by Crippen LogP contribution is -2.62. The SMILES string of the molecule is CC(C)N1CCN([C@H]2CCCC(F)(F)[C@@H]2N)CC1.Cl.Cl. The second kappa shape index (κ2) is 8.08. The van der Waals surface area contributed by atoms with Gasteiger partial charge in [0.15, 0.2) is 0 Å². The normalized spacial score (nSPS) is 31.5. The molecule has 7 heteroatoms. The van der Waals surface area contributed by atoms with Crippen LogP contribution < -0.4 is 5.73 Å². The van der Waals surface area contributed by atoms with E-state index < -0.39 is 12.0 Å². The first-order valence-electron chi connectivity index (χ1n) is 7.03. The molecule has 20 heavy (non-hydrogen) atoms. The highest BCUT2D eigenvalue weighted by Crippen LogP contribution is 2.35. The number of hydrogen-bond acceptors (Lipinski definition) is 3. The van der Waals surface area contributed by atoms with Gasteiger partial charge in [0.2, 0.25) is 0 Å². The summed E-state index contributed by atoms with van der Waals surface area (Å²) in [6.45, 7) is 8.02. The Hall–Kier alpha value is 0.320. The van der Waals surface area contributed by atoms with E-state index in [1.165, 1.54) is 0 Å². The first kappa shape index (κ1) is 20.3. The van der Waals surface area contributed by atoms with Crippen LogP contribution in [-0.2, 0) is 0 Å². The van der Waals surface area contributed by atoms with Crippen molar-refractivity contribution < 1.29 is 8.78 Å². The van der Waals surface area contributed by atoms with Crippen LogP contribution in [0.25, 0.3) is 0 Å². The van der Waals surface area contributed by atoms with E-state index in [2.05, 4.69) is 23.6 Å². The number of alkyl halides is 2. The molecule has 0 radical (unpaired) electrons. The molecule has 2 aliphatic rings. The molecule has 0 amide bonds. The highest BCUT2D eigenvalue weighted by Gasteiger charge is 2.46. The van der Waals surface area contributed by atoms with Crippen molar-refractivity contribution >= 4 is 24.8 Å². The zero-order valence-corrected chi connectivity index (χ0v) is 13.9. The molecule has 1 saturated heterocycles. The summed E-state index contributed by atoms with van der Waals surface area (Å²) >= 11 is 0. The molecule has 122 valence electrons. The van der Waals surface area contributed by atoms with Crippen molar-refractivity contribution in [1.82, 2.24) is 9.80 Å². The molecule has 3 nitrogen and oxygen atoms in total. The Morgan fingerprint density at radius 3 is 2.15 bits per heavy atom. The Morgan fingerprint density at radius 2 is 1.65 bits per heavy atom. The second-order valence-corrected chi connectivity index (χ2v) is 5.91. The lowest BCUT2D eigenvalue weighted by atomic mass is 9.86. The van der Waals surface area contributed by atoms with Crippen molar-refractivity contribution in [2.45, 2.75) is 57.2 Å². The molecule has 1 heterocycles. The quantitative estimate of drug-likeness (QED) is 0.842. The Kier molecular flexibility index (Phi) is 8.21. The largest absolute Gasteiger partial charge is 0.321 e. The van der Waals surface area contributed by atoms with Gasteiger partial charge in [-0.15, -0.1) is 24.8 Å². The van der Waals surface area contributed by atoms with E-state index in [0.29, 0.717) is 12.5 Å². The maximum Gasteiger partial charge on any atom is 0.264 e. The van der Waals surface area contributed by atoms with Crippen molar-refractivity contribution in [1.29, 1.82) is 0 Å². The lowest BCUT2D eigenvalue weighted by molar-refractivity contribution is -0.0882. The average molecular weight is 334 g/mol. The molecular weight excluding hydrogens is 307 g/mol. The Labute approximate surface area is 133 Å². The van der Waals surface area contributed by atoms with Gasteiger partial charge in [0, 0.05) is 44.7 Å². The number of nitrogens with zero attached hydrogens (tertiary/aromatic N) is 2. The van der Waals surface area contributed by atoms with Gasteiger partial charge in [-0.1, -0.05) is 0 Å². The zero-order chi connectivity index (χ0) is 13.3. The van der Waals surface area contributed by atoms with E-state index in [1.54, 1.807) is 0 Å². The molecule has 1 saturated carbocycles. The molecule has 2 N–H and O–H groups in total. The fourth-order valence-corrected chi connectivity index (χ4v) is 3.17. The van der Waals surface area contributed by atoms with Crippen LogP contribution in [0.4, 0.5) is 8.78 Å². The molecule has 0 unspecified atom stereocenters. The van der Waals surface area contributed by atoms with Crippen LogP contribution in [-0.4, -0.2) is 60.0 Å². The van der Waals surface area contributed by atoms with Crippen molar-refractivity contribution in [2.75, 3.05) is 26.2 Å². The maximum atomic E-state index is 13.6. The molecule has 2 atom stereocenters. The van der Waals surface area contributed by atoms with Gasteiger partial charge in [0.05, 0.1) is 6.04 Å². The predicted octanol–water partition coefficient (Wildman–Crippen LogP) is 2.37. The van der Waals surface area contributed by atoms with Crippen LogP contribution in [0.2, 0.25) is 0 Å². The van der Waals surface area contributed by atoms with Gasteiger partial charge in [0.25, 0.3) is 5.92 Å². The van der Waals surface area contributed by atoms with E-state index in [-0.39, 0.29) is 37.3 Å². The van der Waals surface area contributed by atoms with Crippen molar-refractivity contribution in [3.8, 4) is 0 Å². The van der Waals surface area contributed by atoms with E-state index in [1.807, 2.05) is 0 Å². The van der Waals surface area contributed by atoms with E-state index in [0.717, 1.165) is 32.6 Å². The smallest absolute Gasteiger partial charge is 0.264 e. The van der Waals surface area contributed by atoms with Gasteiger partial charge in [-0.2, -0.15) is 0 Å². The summed E-state index contributed by atoms with van der Waals surface area (Å²) in [5, 5.41) is 0. The first-order valence-corrected chi connectivity index (χ1v) is 7.03. The van der Waals surface area contributed by atoms with Gasteiger partial charge in [-0.25, -0.2) is 8.78 Å². The van der Waals surface area contributed by atoms with Gasteiger partial charge in [-0.3, -0.25) is 9.80 Å². The number of nitrogens with two attached hydrogens (primary N) is 1. The standard InChI is InChI=1S/C13H25F2N3.2ClH/c1-10(2)17-6-8-18(9-7-17)11-4-3-5-13(14,15)12(11)16;;/h10-12H,3-9,16H2,1-2H3;2*1H/t11-,12+;;/m0../s1. The van der Waals surface area contributed by atoms with Crippen LogP contribution >= 0.6 is 24.8 Å². The van der Waals surface area contributed by atoms with Crippen molar-refractivity contribution in [3.63, 3.8) is 0 Å². The Balaban J connectivity index is 0.00000180. The van der Waals surface area contributed by atoms with Gasteiger partial charge in [-0.05, 0) is 26.7 Å². The Morgan fingerprint density at radius 1 is 1.10 bits per heavy atom. The minimum absolute atomic E-state index is 0. The summed E-state index contributed by atoms with van der Waals surface area (Å²) in [6.07, 6.45) is 1.37. The molecule has 0 bridgehead atoms. The van der Waals surface area contributed by atoms with Crippen molar-refractivity contribution in [2.24, 2.45) is 5.73 Å². The van der Waals surface area contributed by atoms with E-state index >= 15 is 0 Å². The second-order valence-electron chi connectivity index (χ2n) is 5.91. The minimum Gasteiger partial charge on any atom is -0.321 e. The molecule has 0 aromatic rings. The number of piperazine rings is 1. The fourth-order valence-electron chi connectivity index (χ4n) is 3.17. The molecular formula is C13H27Cl2F2N3. The van der Waals surface area contributed by atoms with Gasteiger partial charge >= 0.3 is 0 Å². The molecule has 1 aliphatic heterocycles. The molecule has 2 fully saturated rings. The Bertz CT molecular complexity index is 285. The summed E-state index contributed by atoms with van der Waals surface area (Å²) in [4.78, 5) is 4.57. The van der Waals surface area contributed by atoms with Gasteiger partial charge < -0.3 is 5.73 Å². The summed E-state index contributed by atoms with van der Waals surface area (Å²) < 4.78 is 27.3. The maximum absolute atomic E-state index is 13.6. The zero-order valence-electron chi connectivity index (χ0n) is 12.2. The molecule has 0 spiro atoms.